The lowest BCUT2D eigenvalue weighted by molar-refractivity contribution is -0.134. The van der Waals surface area contributed by atoms with Crippen molar-refractivity contribution < 1.29 is 19.1 Å². The van der Waals surface area contributed by atoms with Gasteiger partial charge in [-0.25, -0.2) is 4.79 Å². The third-order valence-electron chi connectivity index (χ3n) is 3.73. The first kappa shape index (κ1) is 15.2. The van der Waals surface area contributed by atoms with Crippen molar-refractivity contribution >= 4 is 17.7 Å². The molecule has 0 saturated carbocycles. The van der Waals surface area contributed by atoms with Crippen LogP contribution in [0, 0.1) is 0 Å². The highest BCUT2D eigenvalue weighted by atomic mass is 16.5. The summed E-state index contributed by atoms with van der Waals surface area (Å²) >= 11 is 0. The second-order valence-electron chi connectivity index (χ2n) is 5.22. The molecule has 0 aliphatic heterocycles. The van der Waals surface area contributed by atoms with Crippen LogP contribution in [-0.2, 0) is 19.1 Å². The summed E-state index contributed by atoms with van der Waals surface area (Å²) < 4.78 is 4.46. The van der Waals surface area contributed by atoms with Crippen molar-refractivity contribution in [2.24, 2.45) is 0 Å². The van der Waals surface area contributed by atoms with Crippen LogP contribution in [0.4, 0.5) is 0 Å². The van der Waals surface area contributed by atoms with Crippen LogP contribution in [0.15, 0.2) is 34.4 Å². The number of hydrogen-bond acceptors (Lipinski definition) is 4. The predicted molar refractivity (Wildman–Crippen MR) is 77.4 cm³/mol. The molecule has 0 fully saturated rings. The molecule has 0 spiro atoms. The molecule has 0 atom stereocenters. The predicted octanol–water partition coefficient (Wildman–Crippen LogP) is 1.60. The molecule has 0 radical (unpaired) electrons. The largest absolute Gasteiger partial charge is 0.466 e. The summed E-state index contributed by atoms with van der Waals surface area (Å²) in [5, 5.41) is 2.71. The van der Waals surface area contributed by atoms with Gasteiger partial charge in [-0.2, -0.15) is 0 Å². The third kappa shape index (κ3) is 3.29. The Morgan fingerprint density at radius 3 is 2.81 bits per heavy atom. The maximum absolute atomic E-state index is 12.3. The van der Waals surface area contributed by atoms with E-state index in [-0.39, 0.29) is 18.2 Å². The fraction of sp³-hybridized carbons (Fsp3) is 0.438. The van der Waals surface area contributed by atoms with Gasteiger partial charge in [0.1, 0.15) is 0 Å². The van der Waals surface area contributed by atoms with Crippen molar-refractivity contribution in [2.45, 2.75) is 32.6 Å². The van der Waals surface area contributed by atoms with Crippen molar-refractivity contribution in [2.75, 3.05) is 13.7 Å². The van der Waals surface area contributed by atoms with Gasteiger partial charge in [0.05, 0.1) is 7.11 Å². The number of rotatable bonds is 4. The number of ketones is 1. The van der Waals surface area contributed by atoms with E-state index in [0.29, 0.717) is 17.6 Å². The Balaban J connectivity index is 2.03. The lowest BCUT2D eigenvalue weighted by atomic mass is 9.89. The van der Waals surface area contributed by atoms with Gasteiger partial charge >= 0.3 is 5.97 Å². The normalized spacial score (nSPS) is 18.3. The van der Waals surface area contributed by atoms with Crippen molar-refractivity contribution in [3.63, 3.8) is 0 Å². The van der Waals surface area contributed by atoms with E-state index in [1.807, 2.05) is 6.92 Å². The first-order chi connectivity index (χ1) is 10.0. The molecule has 0 aromatic carbocycles. The van der Waals surface area contributed by atoms with Crippen molar-refractivity contribution in [3.8, 4) is 0 Å². The molecule has 21 heavy (non-hydrogen) atoms. The van der Waals surface area contributed by atoms with Gasteiger partial charge in [-0.15, -0.1) is 0 Å². The van der Waals surface area contributed by atoms with Gasteiger partial charge in [-0.3, -0.25) is 9.59 Å². The molecule has 112 valence electrons. The van der Waals surface area contributed by atoms with E-state index in [4.69, 9.17) is 0 Å². The smallest absolute Gasteiger partial charge is 0.330 e. The Morgan fingerprint density at radius 1 is 1.33 bits per heavy atom. The molecule has 0 saturated heterocycles. The van der Waals surface area contributed by atoms with E-state index in [1.54, 1.807) is 0 Å². The highest BCUT2D eigenvalue weighted by Gasteiger charge is 2.32. The Morgan fingerprint density at radius 2 is 2.10 bits per heavy atom. The molecular formula is C16H19NO4. The summed E-state index contributed by atoms with van der Waals surface area (Å²) in [7, 11) is 1.29. The lowest BCUT2D eigenvalue weighted by Crippen LogP contribution is -2.28. The maximum atomic E-state index is 12.3. The SMILES string of the molecule is COC(=O)/C=C/CNC(=O)C1=C(C)CC2=C1C(=O)CCC2. The minimum absolute atomic E-state index is 0.0725. The van der Waals surface area contributed by atoms with Crippen LogP contribution in [0.3, 0.4) is 0 Å². The van der Waals surface area contributed by atoms with Gasteiger partial charge in [0, 0.05) is 30.2 Å². The average Bonchev–Trinajstić information content (AvgIpc) is 2.80. The number of methoxy groups -OCH3 is 1. The van der Waals surface area contributed by atoms with Gasteiger partial charge in [0.15, 0.2) is 5.78 Å². The Kier molecular flexibility index (Phi) is 4.73. The van der Waals surface area contributed by atoms with Crippen molar-refractivity contribution in [1.82, 2.24) is 5.32 Å². The molecule has 5 heteroatoms. The van der Waals surface area contributed by atoms with Gasteiger partial charge in [-0.05, 0) is 26.2 Å². The summed E-state index contributed by atoms with van der Waals surface area (Å²) in [5.41, 5.74) is 3.21. The third-order valence-corrected chi connectivity index (χ3v) is 3.73. The van der Waals surface area contributed by atoms with E-state index in [2.05, 4.69) is 10.1 Å². The number of carbonyl (C=O) groups excluding carboxylic acids is 3. The highest BCUT2D eigenvalue weighted by Crippen LogP contribution is 2.39. The van der Waals surface area contributed by atoms with Crippen LogP contribution in [0.25, 0.3) is 0 Å². The number of allylic oxidation sites excluding steroid dienone is 2. The summed E-state index contributed by atoms with van der Waals surface area (Å²) in [6, 6.07) is 0. The molecule has 2 rings (SSSR count). The number of Topliss-reactive ketones (excluding diaryl/α,β-unsaturated/α-hetero) is 1. The first-order valence-corrected chi connectivity index (χ1v) is 7.02. The Hall–Kier alpha value is -2.17. The average molecular weight is 289 g/mol. The molecule has 1 amide bonds. The van der Waals surface area contributed by atoms with E-state index in [9.17, 15) is 14.4 Å². The van der Waals surface area contributed by atoms with Crippen molar-refractivity contribution in [3.05, 3.63) is 34.4 Å². The quantitative estimate of drug-likeness (QED) is 0.630. The number of amides is 1. The van der Waals surface area contributed by atoms with E-state index < -0.39 is 5.97 Å². The molecule has 2 aliphatic rings. The number of ether oxygens (including phenoxy) is 1. The molecule has 0 unspecified atom stereocenters. The minimum atomic E-state index is -0.465. The second-order valence-corrected chi connectivity index (χ2v) is 5.22. The van der Waals surface area contributed by atoms with Crippen LogP contribution >= 0.6 is 0 Å². The Labute approximate surface area is 123 Å². The lowest BCUT2D eigenvalue weighted by Gasteiger charge is -2.15. The summed E-state index contributed by atoms with van der Waals surface area (Å²) in [6.45, 7) is 2.12. The molecule has 0 aromatic heterocycles. The Bertz CT molecular complexity index is 581. The molecule has 1 N–H and O–H groups in total. The number of esters is 1. The molecule has 0 heterocycles. The zero-order chi connectivity index (χ0) is 15.4. The van der Waals surface area contributed by atoms with Crippen LogP contribution in [0.1, 0.15) is 32.6 Å². The number of hydrogen-bond donors (Lipinski definition) is 1. The van der Waals surface area contributed by atoms with E-state index in [1.165, 1.54) is 19.3 Å². The molecule has 0 aromatic rings. The standard InChI is InChI=1S/C16H19NO4/c1-10-9-11-5-3-6-12(18)15(11)14(10)16(20)17-8-4-7-13(19)21-2/h4,7H,3,5-6,8-9H2,1-2H3,(H,17,20)/b7-4+. The minimum Gasteiger partial charge on any atom is -0.466 e. The fourth-order valence-electron chi connectivity index (χ4n) is 2.79. The molecule has 5 nitrogen and oxygen atoms in total. The maximum Gasteiger partial charge on any atom is 0.330 e. The highest BCUT2D eigenvalue weighted by molar-refractivity contribution is 6.14. The zero-order valence-electron chi connectivity index (χ0n) is 12.3. The summed E-state index contributed by atoms with van der Waals surface area (Å²) in [4.78, 5) is 35.2. The monoisotopic (exact) mass is 289 g/mol. The van der Waals surface area contributed by atoms with Crippen LogP contribution in [-0.4, -0.2) is 31.3 Å². The van der Waals surface area contributed by atoms with Gasteiger partial charge in [0.25, 0.3) is 5.91 Å². The molecule has 0 bridgehead atoms. The first-order valence-electron chi connectivity index (χ1n) is 7.02. The van der Waals surface area contributed by atoms with Crippen LogP contribution in [0.5, 0.6) is 0 Å². The number of carbonyl (C=O) groups is 3. The summed E-state index contributed by atoms with van der Waals surface area (Å²) in [6.07, 6.45) is 5.80. The van der Waals surface area contributed by atoms with E-state index >= 15 is 0 Å². The van der Waals surface area contributed by atoms with Gasteiger partial charge in [0.2, 0.25) is 0 Å². The topological polar surface area (TPSA) is 72.5 Å². The fourth-order valence-corrected chi connectivity index (χ4v) is 2.79. The van der Waals surface area contributed by atoms with Crippen molar-refractivity contribution in [1.29, 1.82) is 0 Å². The summed E-state index contributed by atoms with van der Waals surface area (Å²) in [5.74, 6) is -0.640. The van der Waals surface area contributed by atoms with Crippen LogP contribution < -0.4 is 5.32 Å². The zero-order valence-corrected chi connectivity index (χ0v) is 12.3. The van der Waals surface area contributed by atoms with Gasteiger partial charge < -0.3 is 10.1 Å². The van der Waals surface area contributed by atoms with Crippen LogP contribution in [0.2, 0.25) is 0 Å². The number of nitrogens with one attached hydrogen (secondary N) is 1. The van der Waals surface area contributed by atoms with Gasteiger partial charge in [-0.1, -0.05) is 17.2 Å². The molecule has 2 aliphatic carbocycles. The van der Waals surface area contributed by atoms with E-state index in [0.717, 1.165) is 30.4 Å². The molecular weight excluding hydrogens is 270 g/mol. The second kappa shape index (κ2) is 6.52.